The van der Waals surface area contributed by atoms with Gasteiger partial charge in [0.05, 0.1) is 5.69 Å². The highest BCUT2D eigenvalue weighted by Crippen LogP contribution is 2.21. The van der Waals surface area contributed by atoms with Gasteiger partial charge in [-0.1, -0.05) is 0 Å². The van der Waals surface area contributed by atoms with Crippen LogP contribution in [-0.4, -0.2) is 19.1 Å². The molecule has 62 valence electrons. The third kappa shape index (κ3) is 1.27. The zero-order valence-electron chi connectivity index (χ0n) is 6.23. The summed E-state index contributed by atoms with van der Waals surface area (Å²) in [5, 5.41) is 4.92. The van der Waals surface area contributed by atoms with Crippen LogP contribution in [0, 0.1) is 0 Å². The summed E-state index contributed by atoms with van der Waals surface area (Å²) in [5.74, 6) is 0. The summed E-state index contributed by atoms with van der Waals surface area (Å²) in [6.07, 6.45) is 1.74. The van der Waals surface area contributed by atoms with E-state index in [1.54, 1.807) is 10.9 Å². The molecule has 0 aliphatic rings. The molecule has 0 amide bonds. The Morgan fingerprint density at radius 1 is 1.58 bits per heavy atom. The number of hydrogen-bond acceptors (Lipinski definition) is 4. The van der Waals surface area contributed by atoms with Crippen LogP contribution in [0.1, 0.15) is 0 Å². The van der Waals surface area contributed by atoms with Crippen LogP contribution in [0.4, 0.5) is 0 Å². The van der Waals surface area contributed by atoms with Crippen LogP contribution in [0.15, 0.2) is 17.0 Å². The molecule has 2 heterocycles. The summed E-state index contributed by atoms with van der Waals surface area (Å²) in [4.78, 5) is 4.18. The first-order valence-corrected chi connectivity index (χ1v) is 4.81. The van der Waals surface area contributed by atoms with Gasteiger partial charge in [-0.3, -0.25) is 4.68 Å². The lowest BCUT2D eigenvalue weighted by Crippen LogP contribution is -1.92. The Kier molecular flexibility index (Phi) is 1.93. The summed E-state index contributed by atoms with van der Waals surface area (Å²) < 4.78 is 6.42. The van der Waals surface area contributed by atoms with E-state index in [9.17, 15) is 0 Å². The highest BCUT2D eigenvalue weighted by Gasteiger charge is 2.07. The van der Waals surface area contributed by atoms with Crippen molar-refractivity contribution in [2.75, 3.05) is 0 Å². The van der Waals surface area contributed by atoms with Crippen LogP contribution >= 0.6 is 27.5 Å². The average Bonchev–Trinajstić information content (AvgIpc) is 2.58. The molecule has 0 aliphatic heterocycles. The van der Waals surface area contributed by atoms with E-state index in [0.717, 1.165) is 10.7 Å². The first kappa shape index (κ1) is 7.88. The number of nitrogens with zero attached hydrogens (tertiary/aromatic N) is 4. The normalized spacial score (nSPS) is 10.5. The summed E-state index contributed by atoms with van der Waals surface area (Å²) in [7, 11) is 1.88. The fourth-order valence-corrected chi connectivity index (χ4v) is 2.03. The second kappa shape index (κ2) is 2.95. The zero-order chi connectivity index (χ0) is 8.55. The van der Waals surface area contributed by atoms with Gasteiger partial charge in [-0.15, -0.1) is 0 Å². The second-order valence-corrected chi connectivity index (χ2v) is 3.67. The van der Waals surface area contributed by atoms with E-state index in [4.69, 9.17) is 0 Å². The predicted molar refractivity (Wildman–Crippen MR) is 49.8 cm³/mol. The second-order valence-electron chi connectivity index (χ2n) is 2.21. The van der Waals surface area contributed by atoms with E-state index in [2.05, 4.69) is 30.4 Å². The molecule has 0 unspecified atom stereocenters. The SMILES string of the molecule is Cn1nccc1-c1nc(Br)ns1. The quantitative estimate of drug-likeness (QED) is 0.768. The van der Waals surface area contributed by atoms with Crippen LogP contribution in [-0.2, 0) is 7.05 Å². The Morgan fingerprint density at radius 3 is 2.92 bits per heavy atom. The minimum absolute atomic E-state index is 0.628. The van der Waals surface area contributed by atoms with Gasteiger partial charge in [-0.2, -0.15) is 9.47 Å². The third-order valence-electron chi connectivity index (χ3n) is 1.44. The van der Waals surface area contributed by atoms with Gasteiger partial charge in [0, 0.05) is 13.2 Å². The van der Waals surface area contributed by atoms with E-state index in [1.165, 1.54) is 11.5 Å². The first-order valence-electron chi connectivity index (χ1n) is 3.25. The molecule has 0 saturated carbocycles. The van der Waals surface area contributed by atoms with Gasteiger partial charge < -0.3 is 0 Å². The summed E-state index contributed by atoms with van der Waals surface area (Å²) in [6, 6.07) is 1.91. The van der Waals surface area contributed by atoms with Crippen molar-refractivity contribution in [2.24, 2.45) is 7.05 Å². The van der Waals surface area contributed by atoms with Gasteiger partial charge >= 0.3 is 0 Å². The maximum Gasteiger partial charge on any atom is 0.209 e. The molecule has 0 spiro atoms. The highest BCUT2D eigenvalue weighted by atomic mass is 79.9. The van der Waals surface area contributed by atoms with E-state index in [0.29, 0.717) is 4.73 Å². The van der Waals surface area contributed by atoms with E-state index >= 15 is 0 Å². The Morgan fingerprint density at radius 2 is 2.42 bits per heavy atom. The van der Waals surface area contributed by atoms with E-state index in [1.807, 2.05) is 13.1 Å². The number of hydrogen-bond donors (Lipinski definition) is 0. The Balaban J connectivity index is 2.50. The minimum atomic E-state index is 0.628. The molecule has 0 atom stereocenters. The van der Waals surface area contributed by atoms with Crippen LogP contribution in [0.25, 0.3) is 10.7 Å². The van der Waals surface area contributed by atoms with Crippen molar-refractivity contribution in [1.82, 2.24) is 19.1 Å². The van der Waals surface area contributed by atoms with Gasteiger partial charge in [0.25, 0.3) is 0 Å². The zero-order valence-corrected chi connectivity index (χ0v) is 8.63. The molecular formula is C6H5BrN4S. The molecule has 2 rings (SSSR count). The molecule has 0 fully saturated rings. The number of halogens is 1. The Bertz CT molecular complexity index is 394. The highest BCUT2D eigenvalue weighted by molar-refractivity contribution is 9.10. The van der Waals surface area contributed by atoms with Gasteiger partial charge in [0.2, 0.25) is 4.73 Å². The molecule has 0 bridgehead atoms. The molecule has 0 radical (unpaired) electrons. The summed E-state index contributed by atoms with van der Waals surface area (Å²) in [5.41, 5.74) is 0.984. The van der Waals surface area contributed by atoms with Crippen molar-refractivity contribution in [3.8, 4) is 10.7 Å². The van der Waals surface area contributed by atoms with Crippen LogP contribution < -0.4 is 0 Å². The summed E-state index contributed by atoms with van der Waals surface area (Å²) in [6.45, 7) is 0. The van der Waals surface area contributed by atoms with Crippen molar-refractivity contribution in [1.29, 1.82) is 0 Å². The molecule has 4 nitrogen and oxygen atoms in total. The minimum Gasteiger partial charge on any atom is -0.265 e. The van der Waals surface area contributed by atoms with Crippen LogP contribution in [0.5, 0.6) is 0 Å². The molecule has 0 aliphatic carbocycles. The van der Waals surface area contributed by atoms with Crippen LogP contribution in [0.3, 0.4) is 0 Å². The molecule has 2 aromatic rings. The third-order valence-corrected chi connectivity index (χ3v) is 2.77. The van der Waals surface area contributed by atoms with E-state index < -0.39 is 0 Å². The maximum absolute atomic E-state index is 4.18. The first-order chi connectivity index (χ1) is 5.77. The largest absolute Gasteiger partial charge is 0.265 e. The molecule has 12 heavy (non-hydrogen) atoms. The molecule has 0 saturated heterocycles. The topological polar surface area (TPSA) is 43.6 Å². The van der Waals surface area contributed by atoms with Crippen molar-refractivity contribution in [2.45, 2.75) is 0 Å². The smallest absolute Gasteiger partial charge is 0.209 e. The van der Waals surface area contributed by atoms with Gasteiger partial charge in [0.15, 0.2) is 5.01 Å². The van der Waals surface area contributed by atoms with Crippen LogP contribution in [0.2, 0.25) is 0 Å². The molecule has 0 aromatic carbocycles. The number of aromatic nitrogens is 4. The van der Waals surface area contributed by atoms with Crippen molar-refractivity contribution in [3.63, 3.8) is 0 Å². The molecule has 6 heteroatoms. The molecular weight excluding hydrogens is 240 g/mol. The fraction of sp³-hybridized carbons (Fsp3) is 0.167. The number of aryl methyl sites for hydroxylation is 1. The van der Waals surface area contributed by atoms with Gasteiger partial charge in [-0.25, -0.2) is 4.98 Å². The van der Waals surface area contributed by atoms with Crippen molar-refractivity contribution < 1.29 is 0 Å². The van der Waals surface area contributed by atoms with Gasteiger partial charge in [-0.05, 0) is 33.5 Å². The average molecular weight is 245 g/mol. The lowest BCUT2D eigenvalue weighted by molar-refractivity contribution is 0.775. The van der Waals surface area contributed by atoms with Crippen molar-refractivity contribution in [3.05, 3.63) is 17.0 Å². The lowest BCUT2D eigenvalue weighted by Gasteiger charge is -1.93. The fourth-order valence-electron chi connectivity index (χ4n) is 0.893. The Labute approximate surface area is 81.5 Å². The van der Waals surface area contributed by atoms with Crippen molar-refractivity contribution >= 4 is 27.5 Å². The number of rotatable bonds is 1. The maximum atomic E-state index is 4.18. The molecule has 2 aromatic heterocycles. The monoisotopic (exact) mass is 244 g/mol. The lowest BCUT2D eigenvalue weighted by atomic mass is 10.4. The molecule has 0 N–H and O–H groups in total. The van der Waals surface area contributed by atoms with E-state index in [-0.39, 0.29) is 0 Å². The predicted octanol–water partition coefficient (Wildman–Crippen LogP) is 1.70. The van der Waals surface area contributed by atoms with Gasteiger partial charge in [0.1, 0.15) is 0 Å². The standard InChI is InChI=1S/C6H5BrN4S/c1-11-4(2-3-8-11)5-9-6(7)10-12-5/h2-3H,1H3. The summed E-state index contributed by atoms with van der Waals surface area (Å²) >= 11 is 4.55. The Hall–Kier alpha value is -0.750.